The van der Waals surface area contributed by atoms with Gasteiger partial charge < -0.3 is 14.3 Å². The first-order chi connectivity index (χ1) is 14.1. The summed E-state index contributed by atoms with van der Waals surface area (Å²) in [5, 5.41) is 4.70. The van der Waals surface area contributed by atoms with Gasteiger partial charge in [-0.1, -0.05) is 16.9 Å². The zero-order valence-electron chi connectivity index (χ0n) is 16.7. The van der Waals surface area contributed by atoms with Crippen LogP contribution in [0.2, 0.25) is 0 Å². The average molecular weight is 415 g/mol. The van der Waals surface area contributed by atoms with E-state index in [0.29, 0.717) is 29.4 Å². The van der Waals surface area contributed by atoms with Crippen LogP contribution in [0.5, 0.6) is 0 Å². The van der Waals surface area contributed by atoms with Crippen molar-refractivity contribution in [2.75, 3.05) is 26.2 Å². The minimum absolute atomic E-state index is 0.0102. The molecule has 0 bridgehead atoms. The Balaban J connectivity index is 1.36. The van der Waals surface area contributed by atoms with Crippen LogP contribution >= 0.6 is 11.8 Å². The van der Waals surface area contributed by atoms with Gasteiger partial charge in [-0.2, -0.15) is 0 Å². The van der Waals surface area contributed by atoms with Crippen molar-refractivity contribution in [1.82, 2.24) is 19.9 Å². The number of likely N-dealkylation sites (tertiary alicyclic amines) is 2. The number of thioether (sulfide) groups is 1. The highest BCUT2D eigenvalue weighted by Gasteiger charge is 2.32. The fraction of sp³-hybridized carbons (Fsp3) is 0.524. The van der Waals surface area contributed by atoms with Gasteiger partial charge in [0.05, 0.1) is 11.3 Å². The zero-order valence-corrected chi connectivity index (χ0v) is 17.5. The molecule has 4 rings (SSSR count). The highest BCUT2D eigenvalue weighted by molar-refractivity contribution is 7.98. The first kappa shape index (κ1) is 19.9. The van der Waals surface area contributed by atoms with Crippen LogP contribution in [0.4, 0.5) is 0 Å². The summed E-state index contributed by atoms with van der Waals surface area (Å²) < 4.78 is 5.10. The number of aromatic nitrogens is 2. The van der Waals surface area contributed by atoms with Crippen molar-refractivity contribution in [2.45, 2.75) is 43.4 Å². The predicted octanol–water partition coefficient (Wildman–Crippen LogP) is 3.14. The monoisotopic (exact) mass is 414 g/mol. The maximum Gasteiger partial charge on any atom is 0.256 e. The van der Waals surface area contributed by atoms with E-state index in [1.807, 2.05) is 28.9 Å². The highest BCUT2D eigenvalue weighted by atomic mass is 32.2. The first-order valence-electron chi connectivity index (χ1n) is 10.2. The van der Waals surface area contributed by atoms with E-state index >= 15 is 0 Å². The summed E-state index contributed by atoms with van der Waals surface area (Å²) in [6, 6.07) is 5.51. The van der Waals surface area contributed by atoms with E-state index in [-0.39, 0.29) is 17.7 Å². The lowest BCUT2D eigenvalue weighted by molar-refractivity contribution is -0.135. The molecule has 29 heavy (non-hydrogen) atoms. The second kappa shape index (κ2) is 8.98. The SMILES string of the molecule is Cc1cc(CSc2ncccc2C(=O)N2CCC(C(=O)N3CCCC3)CC2)no1. The Labute approximate surface area is 174 Å². The molecule has 0 radical (unpaired) electrons. The van der Waals surface area contributed by atoms with Crippen LogP contribution in [-0.4, -0.2) is 57.9 Å². The van der Waals surface area contributed by atoms with Crippen LogP contribution in [0.1, 0.15) is 47.5 Å². The van der Waals surface area contributed by atoms with Crippen LogP contribution in [0, 0.1) is 12.8 Å². The summed E-state index contributed by atoms with van der Waals surface area (Å²) >= 11 is 1.49. The fourth-order valence-corrected chi connectivity index (χ4v) is 4.86. The molecule has 0 N–H and O–H groups in total. The lowest BCUT2D eigenvalue weighted by Gasteiger charge is -2.33. The van der Waals surface area contributed by atoms with E-state index in [2.05, 4.69) is 10.1 Å². The molecule has 154 valence electrons. The Kier molecular flexibility index (Phi) is 6.18. The molecule has 0 unspecified atom stereocenters. The Morgan fingerprint density at radius 1 is 1.17 bits per heavy atom. The third kappa shape index (κ3) is 4.63. The highest BCUT2D eigenvalue weighted by Crippen LogP contribution is 2.27. The summed E-state index contributed by atoms with van der Waals surface area (Å²) in [6.45, 7) is 4.86. The Hall–Kier alpha value is -2.35. The molecule has 0 aliphatic carbocycles. The second-order valence-corrected chi connectivity index (χ2v) is 8.64. The van der Waals surface area contributed by atoms with E-state index < -0.39 is 0 Å². The van der Waals surface area contributed by atoms with Gasteiger partial charge in [-0.25, -0.2) is 4.98 Å². The van der Waals surface area contributed by atoms with E-state index in [1.165, 1.54) is 11.8 Å². The molecule has 0 atom stereocenters. The average Bonchev–Trinajstić information content (AvgIpc) is 3.43. The third-order valence-electron chi connectivity index (χ3n) is 5.58. The largest absolute Gasteiger partial charge is 0.361 e. The van der Waals surface area contributed by atoms with Crippen molar-refractivity contribution in [3.63, 3.8) is 0 Å². The molecule has 4 heterocycles. The van der Waals surface area contributed by atoms with Gasteiger partial charge in [-0.3, -0.25) is 9.59 Å². The van der Waals surface area contributed by atoms with E-state index in [0.717, 1.165) is 50.2 Å². The summed E-state index contributed by atoms with van der Waals surface area (Å²) in [7, 11) is 0. The van der Waals surface area contributed by atoms with Crippen molar-refractivity contribution in [1.29, 1.82) is 0 Å². The molecule has 2 aromatic heterocycles. The number of carbonyl (C=O) groups excluding carboxylic acids is 2. The second-order valence-electron chi connectivity index (χ2n) is 7.67. The smallest absolute Gasteiger partial charge is 0.256 e. The van der Waals surface area contributed by atoms with Gasteiger partial charge in [-0.15, -0.1) is 0 Å². The molecular weight excluding hydrogens is 388 g/mol. The van der Waals surface area contributed by atoms with Gasteiger partial charge >= 0.3 is 0 Å². The molecule has 2 aliphatic heterocycles. The van der Waals surface area contributed by atoms with Gasteiger partial charge in [0.15, 0.2) is 0 Å². The number of carbonyl (C=O) groups is 2. The van der Waals surface area contributed by atoms with Gasteiger partial charge in [0.25, 0.3) is 5.91 Å². The molecule has 2 aliphatic rings. The summed E-state index contributed by atoms with van der Waals surface area (Å²) in [4.78, 5) is 34.0. The molecule has 2 amide bonds. The van der Waals surface area contributed by atoms with Crippen molar-refractivity contribution in [2.24, 2.45) is 5.92 Å². The Morgan fingerprint density at radius 2 is 1.93 bits per heavy atom. The van der Waals surface area contributed by atoms with E-state index in [4.69, 9.17) is 4.52 Å². The lowest BCUT2D eigenvalue weighted by Crippen LogP contribution is -2.43. The third-order valence-corrected chi connectivity index (χ3v) is 6.62. The van der Waals surface area contributed by atoms with Gasteiger partial charge in [0, 0.05) is 50.1 Å². The predicted molar refractivity (Wildman–Crippen MR) is 109 cm³/mol. The molecule has 0 aromatic carbocycles. The van der Waals surface area contributed by atoms with Crippen molar-refractivity contribution in [3.8, 4) is 0 Å². The van der Waals surface area contributed by atoms with E-state index in [1.54, 1.807) is 12.3 Å². The number of aryl methyl sites for hydroxylation is 1. The van der Waals surface area contributed by atoms with Gasteiger partial charge in [0.2, 0.25) is 5.91 Å². The van der Waals surface area contributed by atoms with Crippen molar-refractivity contribution >= 4 is 23.6 Å². The Bertz CT molecular complexity index is 870. The number of hydrogen-bond acceptors (Lipinski definition) is 6. The minimum Gasteiger partial charge on any atom is -0.361 e. The maximum atomic E-state index is 13.1. The van der Waals surface area contributed by atoms with Crippen LogP contribution < -0.4 is 0 Å². The topological polar surface area (TPSA) is 79.5 Å². The number of amides is 2. The molecule has 2 aromatic rings. The number of piperidine rings is 1. The van der Waals surface area contributed by atoms with Crippen LogP contribution in [-0.2, 0) is 10.5 Å². The molecule has 8 heteroatoms. The summed E-state index contributed by atoms with van der Waals surface area (Å²) in [6.07, 6.45) is 5.40. The number of rotatable bonds is 5. The molecule has 2 saturated heterocycles. The molecule has 7 nitrogen and oxygen atoms in total. The summed E-state index contributed by atoms with van der Waals surface area (Å²) in [5.41, 5.74) is 1.44. The van der Waals surface area contributed by atoms with Crippen LogP contribution in [0.25, 0.3) is 0 Å². The molecular formula is C21H26N4O3S. The lowest BCUT2D eigenvalue weighted by atomic mass is 9.95. The standard InChI is InChI=1S/C21H26N4O3S/c1-15-13-17(23-28-15)14-29-19-18(5-4-8-22-19)21(27)25-11-6-16(7-12-25)20(26)24-9-2-3-10-24/h4-5,8,13,16H,2-3,6-7,9-12,14H2,1H3. The first-order valence-corrected chi connectivity index (χ1v) is 11.2. The van der Waals surface area contributed by atoms with Crippen molar-refractivity contribution in [3.05, 3.63) is 41.4 Å². The van der Waals surface area contributed by atoms with Crippen LogP contribution in [0.3, 0.4) is 0 Å². The van der Waals surface area contributed by atoms with Crippen LogP contribution in [0.15, 0.2) is 33.9 Å². The maximum absolute atomic E-state index is 13.1. The van der Waals surface area contributed by atoms with Gasteiger partial charge in [0.1, 0.15) is 10.8 Å². The fourth-order valence-electron chi connectivity index (χ4n) is 3.99. The number of nitrogens with zero attached hydrogens (tertiary/aromatic N) is 4. The quantitative estimate of drug-likeness (QED) is 0.700. The molecule has 0 spiro atoms. The number of pyridine rings is 1. The summed E-state index contributed by atoms with van der Waals surface area (Å²) in [5.74, 6) is 1.68. The number of hydrogen-bond donors (Lipinski definition) is 0. The van der Waals surface area contributed by atoms with Gasteiger partial charge in [-0.05, 0) is 44.7 Å². The minimum atomic E-state index is -0.0102. The molecule has 0 saturated carbocycles. The molecule has 2 fully saturated rings. The van der Waals surface area contributed by atoms with Crippen molar-refractivity contribution < 1.29 is 14.1 Å². The zero-order chi connectivity index (χ0) is 20.2. The normalized spacial score (nSPS) is 17.7. The Morgan fingerprint density at radius 3 is 2.62 bits per heavy atom. The van der Waals surface area contributed by atoms with E-state index in [9.17, 15) is 9.59 Å².